The Hall–Kier alpha value is -1.91. The Morgan fingerprint density at radius 3 is 3.06 bits per heavy atom. The summed E-state index contributed by atoms with van der Waals surface area (Å²) in [7, 11) is 0. The highest BCUT2D eigenvalue weighted by Gasteiger charge is 2.25. The number of hydrogen-bond acceptors (Lipinski definition) is 4. The van der Waals surface area contributed by atoms with Crippen LogP contribution in [0.2, 0.25) is 0 Å². The number of nitrogens with two attached hydrogens (primary N) is 1. The van der Waals surface area contributed by atoms with Crippen molar-refractivity contribution in [2.24, 2.45) is 0 Å². The fraction of sp³-hybridized carbons (Fsp3) is 0.462. The smallest absolute Gasteiger partial charge is 0.242 e. The Morgan fingerprint density at radius 1 is 1.56 bits per heavy atom. The zero-order valence-corrected chi connectivity index (χ0v) is 10.8. The summed E-state index contributed by atoms with van der Waals surface area (Å²) >= 11 is 0. The monoisotopic (exact) mass is 249 g/mol. The number of benzene rings is 1. The molecule has 2 rings (SSSR count). The summed E-state index contributed by atoms with van der Waals surface area (Å²) in [5.41, 5.74) is 7.43. The van der Waals surface area contributed by atoms with Crippen LogP contribution in [-0.2, 0) is 4.79 Å². The zero-order valence-electron chi connectivity index (χ0n) is 10.8. The average Bonchev–Trinajstić information content (AvgIpc) is 2.36. The Bertz CT molecular complexity index is 448. The summed E-state index contributed by atoms with van der Waals surface area (Å²) in [6.07, 6.45) is 0. The number of nitrogen functional groups attached to an aromatic ring is 1. The van der Waals surface area contributed by atoms with Gasteiger partial charge in [0.1, 0.15) is 11.8 Å². The fourth-order valence-corrected chi connectivity index (χ4v) is 2.12. The fourth-order valence-electron chi connectivity index (χ4n) is 2.12. The van der Waals surface area contributed by atoms with E-state index in [9.17, 15) is 4.79 Å². The number of rotatable bonds is 3. The molecule has 5 nitrogen and oxygen atoms in total. The molecule has 1 amide bonds. The molecule has 0 aromatic heterocycles. The van der Waals surface area contributed by atoms with Crippen LogP contribution in [0.15, 0.2) is 18.2 Å². The summed E-state index contributed by atoms with van der Waals surface area (Å²) in [6.45, 7) is 5.85. The maximum atomic E-state index is 11.6. The molecular formula is C13H19N3O2. The van der Waals surface area contributed by atoms with Gasteiger partial charge >= 0.3 is 0 Å². The summed E-state index contributed by atoms with van der Waals surface area (Å²) in [4.78, 5) is 13.7. The van der Waals surface area contributed by atoms with Crippen molar-refractivity contribution in [3.63, 3.8) is 0 Å². The highest BCUT2D eigenvalue weighted by Crippen LogP contribution is 2.29. The van der Waals surface area contributed by atoms with Crippen LogP contribution in [-0.4, -0.2) is 31.6 Å². The number of carbonyl (C=O) groups excluding carboxylic acids is 1. The van der Waals surface area contributed by atoms with Gasteiger partial charge < -0.3 is 20.7 Å². The lowest BCUT2D eigenvalue weighted by molar-refractivity contribution is -0.122. The largest absolute Gasteiger partial charge is 0.492 e. The third kappa shape index (κ3) is 2.34. The van der Waals surface area contributed by atoms with Gasteiger partial charge in [-0.1, -0.05) is 0 Å². The number of nitrogens with one attached hydrogen (secondary N) is 1. The molecule has 0 aliphatic carbocycles. The van der Waals surface area contributed by atoms with Crippen LogP contribution in [0.4, 0.5) is 11.4 Å². The normalized spacial score (nSPS) is 19.6. The first-order valence-corrected chi connectivity index (χ1v) is 6.20. The second-order valence-corrected chi connectivity index (χ2v) is 4.32. The Morgan fingerprint density at radius 2 is 2.33 bits per heavy atom. The van der Waals surface area contributed by atoms with Gasteiger partial charge in [-0.15, -0.1) is 0 Å². The number of anilines is 2. The van der Waals surface area contributed by atoms with Crippen molar-refractivity contribution in [3.8, 4) is 5.75 Å². The van der Waals surface area contributed by atoms with Gasteiger partial charge in [0, 0.05) is 24.8 Å². The van der Waals surface area contributed by atoms with Crippen LogP contribution in [0.3, 0.4) is 0 Å². The van der Waals surface area contributed by atoms with E-state index >= 15 is 0 Å². The predicted octanol–water partition coefficient (Wildman–Crippen LogP) is 0.992. The molecule has 1 aliphatic heterocycles. The van der Waals surface area contributed by atoms with Gasteiger partial charge in [0.2, 0.25) is 5.91 Å². The molecule has 1 fully saturated rings. The minimum Gasteiger partial charge on any atom is -0.492 e. The molecular weight excluding hydrogens is 230 g/mol. The molecule has 18 heavy (non-hydrogen) atoms. The number of ether oxygens (including phenoxy) is 1. The first-order valence-electron chi connectivity index (χ1n) is 6.20. The third-order valence-corrected chi connectivity index (χ3v) is 3.13. The molecule has 0 radical (unpaired) electrons. The van der Waals surface area contributed by atoms with Crippen LogP contribution >= 0.6 is 0 Å². The first kappa shape index (κ1) is 12.5. The second kappa shape index (κ2) is 5.16. The number of amides is 1. The molecule has 1 aromatic carbocycles. The minimum absolute atomic E-state index is 0.0519. The molecule has 3 N–H and O–H groups in total. The van der Waals surface area contributed by atoms with E-state index < -0.39 is 0 Å². The van der Waals surface area contributed by atoms with Crippen molar-refractivity contribution in [1.29, 1.82) is 0 Å². The molecule has 98 valence electrons. The molecule has 1 unspecified atom stereocenters. The number of piperazine rings is 1. The van der Waals surface area contributed by atoms with Crippen LogP contribution in [0.1, 0.15) is 13.8 Å². The summed E-state index contributed by atoms with van der Waals surface area (Å²) < 4.78 is 5.48. The van der Waals surface area contributed by atoms with E-state index in [4.69, 9.17) is 10.5 Å². The summed E-state index contributed by atoms with van der Waals surface area (Å²) in [5.74, 6) is 0.726. The van der Waals surface area contributed by atoms with Crippen molar-refractivity contribution >= 4 is 17.3 Å². The van der Waals surface area contributed by atoms with E-state index in [0.29, 0.717) is 24.6 Å². The zero-order chi connectivity index (χ0) is 13.1. The molecule has 1 aliphatic rings. The van der Waals surface area contributed by atoms with E-state index in [1.165, 1.54) is 0 Å². The van der Waals surface area contributed by atoms with Crippen molar-refractivity contribution in [1.82, 2.24) is 5.32 Å². The van der Waals surface area contributed by atoms with Gasteiger partial charge in [-0.3, -0.25) is 4.79 Å². The van der Waals surface area contributed by atoms with Gasteiger partial charge in [0.15, 0.2) is 0 Å². The van der Waals surface area contributed by atoms with Gasteiger partial charge in [0.25, 0.3) is 0 Å². The molecule has 1 atom stereocenters. The van der Waals surface area contributed by atoms with Crippen LogP contribution in [0, 0.1) is 0 Å². The topological polar surface area (TPSA) is 67.6 Å². The van der Waals surface area contributed by atoms with Crippen molar-refractivity contribution in [2.45, 2.75) is 19.9 Å². The quantitative estimate of drug-likeness (QED) is 0.784. The Labute approximate surface area is 107 Å². The lowest BCUT2D eigenvalue weighted by atomic mass is 10.1. The maximum Gasteiger partial charge on any atom is 0.242 e. The van der Waals surface area contributed by atoms with Crippen LogP contribution in [0.5, 0.6) is 5.75 Å². The summed E-state index contributed by atoms with van der Waals surface area (Å²) in [5, 5.41) is 2.85. The van der Waals surface area contributed by atoms with Gasteiger partial charge in [-0.2, -0.15) is 0 Å². The molecule has 1 saturated heterocycles. The molecule has 0 saturated carbocycles. The Balaban J connectivity index is 2.27. The molecule has 5 heteroatoms. The second-order valence-electron chi connectivity index (χ2n) is 4.32. The van der Waals surface area contributed by atoms with Crippen molar-refractivity contribution in [3.05, 3.63) is 18.2 Å². The van der Waals surface area contributed by atoms with Crippen LogP contribution < -0.4 is 20.7 Å². The number of hydrogen-bond donors (Lipinski definition) is 2. The van der Waals surface area contributed by atoms with E-state index in [1.54, 1.807) is 0 Å². The van der Waals surface area contributed by atoms with Crippen LogP contribution in [0.25, 0.3) is 0 Å². The maximum absolute atomic E-state index is 11.6. The first-order chi connectivity index (χ1) is 8.63. The van der Waals surface area contributed by atoms with Crippen molar-refractivity contribution in [2.75, 3.05) is 30.3 Å². The third-order valence-electron chi connectivity index (χ3n) is 3.13. The van der Waals surface area contributed by atoms with E-state index in [0.717, 1.165) is 12.2 Å². The Kier molecular flexibility index (Phi) is 3.60. The predicted molar refractivity (Wildman–Crippen MR) is 71.8 cm³/mol. The lowest BCUT2D eigenvalue weighted by Crippen LogP contribution is -2.54. The lowest BCUT2D eigenvalue weighted by Gasteiger charge is -2.34. The van der Waals surface area contributed by atoms with E-state index in [1.807, 2.05) is 32.0 Å². The van der Waals surface area contributed by atoms with E-state index in [-0.39, 0.29) is 11.9 Å². The van der Waals surface area contributed by atoms with Crippen molar-refractivity contribution < 1.29 is 9.53 Å². The molecule has 1 aromatic rings. The highest BCUT2D eigenvalue weighted by molar-refractivity contribution is 5.86. The molecule has 0 spiro atoms. The standard InChI is InChI=1S/C13H19N3O2/c1-3-18-12-8-10(4-5-11(12)14)16-7-6-15-13(17)9(16)2/h4-5,8-9H,3,6-7,14H2,1-2H3,(H,15,17). The average molecular weight is 249 g/mol. The van der Waals surface area contributed by atoms with Gasteiger partial charge in [-0.05, 0) is 26.0 Å². The number of carbonyl (C=O) groups is 1. The molecule has 1 heterocycles. The van der Waals surface area contributed by atoms with Gasteiger partial charge in [0.05, 0.1) is 12.3 Å². The van der Waals surface area contributed by atoms with Gasteiger partial charge in [-0.25, -0.2) is 0 Å². The minimum atomic E-state index is -0.170. The SMILES string of the molecule is CCOc1cc(N2CCNC(=O)C2C)ccc1N. The number of nitrogens with zero attached hydrogens (tertiary/aromatic N) is 1. The van der Waals surface area contributed by atoms with E-state index in [2.05, 4.69) is 10.2 Å². The molecule has 0 bridgehead atoms. The summed E-state index contributed by atoms with van der Waals surface area (Å²) in [6, 6.07) is 5.47. The highest BCUT2D eigenvalue weighted by atomic mass is 16.5.